The van der Waals surface area contributed by atoms with Gasteiger partial charge in [-0.1, -0.05) is 12.8 Å². The number of amides is 1. The number of carbonyl (C=O) groups excluding carboxylic acids is 1. The Balaban J connectivity index is 1.94. The molecule has 3 N–H and O–H groups in total. The predicted octanol–water partition coefficient (Wildman–Crippen LogP) is 2.32. The van der Waals surface area contributed by atoms with E-state index < -0.39 is 0 Å². The summed E-state index contributed by atoms with van der Waals surface area (Å²) in [6, 6.07) is 2.10. The van der Waals surface area contributed by atoms with Crippen LogP contribution in [-0.2, 0) is 11.2 Å². The van der Waals surface area contributed by atoms with Crippen LogP contribution in [0.3, 0.4) is 0 Å². The topological polar surface area (TPSA) is 55.1 Å². The van der Waals surface area contributed by atoms with E-state index >= 15 is 0 Å². The fourth-order valence-electron chi connectivity index (χ4n) is 1.65. The molecule has 0 saturated carbocycles. The number of rotatable bonds is 9. The molecule has 0 unspecified atom stereocenters. The third-order valence-electron chi connectivity index (χ3n) is 2.67. The van der Waals surface area contributed by atoms with E-state index in [1.807, 2.05) is 0 Å². The lowest BCUT2D eigenvalue weighted by Crippen LogP contribution is -2.25. The lowest BCUT2D eigenvalue weighted by Gasteiger charge is -2.04. The average molecular weight is 254 g/mol. The molecular formula is C13H22N2OS. The molecule has 0 fully saturated rings. The minimum Gasteiger partial charge on any atom is -0.356 e. The molecule has 0 radical (unpaired) electrons. The van der Waals surface area contributed by atoms with E-state index in [-0.39, 0.29) is 5.91 Å². The van der Waals surface area contributed by atoms with Crippen molar-refractivity contribution in [2.24, 2.45) is 5.73 Å². The normalized spacial score (nSPS) is 10.4. The second-order valence-corrected chi connectivity index (χ2v) is 4.96. The highest BCUT2D eigenvalue weighted by molar-refractivity contribution is 7.07. The van der Waals surface area contributed by atoms with Gasteiger partial charge in [-0.2, -0.15) is 11.3 Å². The van der Waals surface area contributed by atoms with E-state index in [4.69, 9.17) is 5.73 Å². The zero-order valence-electron chi connectivity index (χ0n) is 10.3. The van der Waals surface area contributed by atoms with Crippen LogP contribution in [0.1, 0.15) is 37.7 Å². The molecule has 0 saturated heterocycles. The molecule has 17 heavy (non-hydrogen) atoms. The maximum absolute atomic E-state index is 11.5. The molecule has 0 spiro atoms. The van der Waals surface area contributed by atoms with E-state index in [0.29, 0.717) is 6.42 Å². The Hall–Kier alpha value is -0.870. The fourth-order valence-corrected chi connectivity index (χ4v) is 2.36. The summed E-state index contributed by atoms with van der Waals surface area (Å²) in [5.41, 5.74) is 6.71. The van der Waals surface area contributed by atoms with Gasteiger partial charge in [-0.15, -0.1) is 0 Å². The number of nitrogens with two attached hydrogens (primary N) is 1. The second-order valence-electron chi connectivity index (χ2n) is 4.18. The number of hydrogen-bond donors (Lipinski definition) is 2. The molecule has 3 nitrogen and oxygen atoms in total. The van der Waals surface area contributed by atoms with Gasteiger partial charge in [0.1, 0.15) is 0 Å². The van der Waals surface area contributed by atoms with Gasteiger partial charge in [0, 0.05) is 13.0 Å². The third-order valence-corrected chi connectivity index (χ3v) is 3.41. The molecule has 4 heteroatoms. The van der Waals surface area contributed by atoms with Crippen LogP contribution in [-0.4, -0.2) is 19.0 Å². The van der Waals surface area contributed by atoms with Crippen LogP contribution in [0.15, 0.2) is 16.8 Å². The molecule has 0 aromatic carbocycles. The molecule has 1 aromatic rings. The van der Waals surface area contributed by atoms with E-state index in [9.17, 15) is 4.79 Å². The first-order chi connectivity index (χ1) is 8.33. The number of unbranched alkanes of at least 4 members (excludes halogenated alkanes) is 3. The van der Waals surface area contributed by atoms with Gasteiger partial charge < -0.3 is 11.1 Å². The highest BCUT2D eigenvalue weighted by atomic mass is 32.1. The SMILES string of the molecule is NCCCCCCC(=O)NCCc1ccsc1. The van der Waals surface area contributed by atoms with Crippen LogP contribution < -0.4 is 11.1 Å². The second kappa shape index (κ2) is 9.19. The number of nitrogens with one attached hydrogen (secondary N) is 1. The molecule has 1 aromatic heterocycles. The van der Waals surface area contributed by atoms with Crippen molar-refractivity contribution in [3.63, 3.8) is 0 Å². The van der Waals surface area contributed by atoms with Crippen molar-refractivity contribution < 1.29 is 4.79 Å². The van der Waals surface area contributed by atoms with E-state index in [2.05, 4.69) is 22.1 Å². The summed E-state index contributed by atoms with van der Waals surface area (Å²) < 4.78 is 0. The zero-order chi connectivity index (χ0) is 12.3. The Labute approximate surface area is 107 Å². The first-order valence-corrected chi connectivity index (χ1v) is 7.25. The van der Waals surface area contributed by atoms with Crippen molar-refractivity contribution in [3.8, 4) is 0 Å². The van der Waals surface area contributed by atoms with Crippen molar-refractivity contribution in [3.05, 3.63) is 22.4 Å². The Bertz CT molecular complexity index is 298. The van der Waals surface area contributed by atoms with Crippen LogP contribution in [0.4, 0.5) is 0 Å². The van der Waals surface area contributed by atoms with Gasteiger partial charge in [-0.05, 0) is 48.2 Å². The number of carbonyl (C=O) groups is 1. The van der Waals surface area contributed by atoms with E-state index in [1.54, 1.807) is 11.3 Å². The number of thiophene rings is 1. The van der Waals surface area contributed by atoms with Crippen molar-refractivity contribution in [1.29, 1.82) is 0 Å². The molecule has 96 valence electrons. The van der Waals surface area contributed by atoms with Crippen LogP contribution in [0.5, 0.6) is 0 Å². The average Bonchev–Trinajstić information content (AvgIpc) is 2.82. The first kappa shape index (κ1) is 14.2. The molecule has 1 amide bonds. The third kappa shape index (κ3) is 7.13. The van der Waals surface area contributed by atoms with E-state index in [0.717, 1.165) is 45.2 Å². The minimum atomic E-state index is 0.174. The summed E-state index contributed by atoms with van der Waals surface area (Å²) in [6.45, 7) is 1.51. The molecular weight excluding hydrogens is 232 g/mol. The standard InChI is InChI=1S/C13H22N2OS/c14-8-4-2-1-3-5-13(16)15-9-6-12-7-10-17-11-12/h7,10-11H,1-6,8-9,14H2,(H,15,16). The van der Waals surface area contributed by atoms with Gasteiger partial charge >= 0.3 is 0 Å². The monoisotopic (exact) mass is 254 g/mol. The highest BCUT2D eigenvalue weighted by Gasteiger charge is 2.00. The number of hydrogen-bond acceptors (Lipinski definition) is 3. The van der Waals surface area contributed by atoms with Crippen LogP contribution in [0.2, 0.25) is 0 Å². The Morgan fingerprint density at radius 3 is 2.82 bits per heavy atom. The summed E-state index contributed by atoms with van der Waals surface area (Å²) in [5.74, 6) is 0.174. The largest absolute Gasteiger partial charge is 0.356 e. The van der Waals surface area contributed by atoms with Crippen molar-refractivity contribution in [2.45, 2.75) is 38.5 Å². The van der Waals surface area contributed by atoms with Crippen molar-refractivity contribution in [2.75, 3.05) is 13.1 Å². The van der Waals surface area contributed by atoms with Crippen molar-refractivity contribution >= 4 is 17.2 Å². The highest BCUT2D eigenvalue weighted by Crippen LogP contribution is 2.06. The summed E-state index contributed by atoms with van der Waals surface area (Å²) in [5, 5.41) is 7.14. The minimum absolute atomic E-state index is 0.174. The van der Waals surface area contributed by atoms with Crippen molar-refractivity contribution in [1.82, 2.24) is 5.32 Å². The molecule has 0 aliphatic rings. The Morgan fingerprint density at radius 1 is 1.29 bits per heavy atom. The molecule has 1 heterocycles. The van der Waals surface area contributed by atoms with Gasteiger partial charge in [0.25, 0.3) is 0 Å². The Morgan fingerprint density at radius 2 is 2.12 bits per heavy atom. The van der Waals surface area contributed by atoms with Crippen LogP contribution >= 0.6 is 11.3 Å². The summed E-state index contributed by atoms with van der Waals surface area (Å²) in [6.07, 6.45) is 5.87. The molecule has 1 rings (SSSR count). The molecule has 0 atom stereocenters. The van der Waals surface area contributed by atoms with Gasteiger partial charge in [0.05, 0.1) is 0 Å². The molecule has 0 aliphatic carbocycles. The lowest BCUT2D eigenvalue weighted by molar-refractivity contribution is -0.121. The predicted molar refractivity (Wildman–Crippen MR) is 73.2 cm³/mol. The molecule has 0 bridgehead atoms. The maximum Gasteiger partial charge on any atom is 0.220 e. The summed E-state index contributed by atoms with van der Waals surface area (Å²) in [4.78, 5) is 11.5. The fraction of sp³-hybridized carbons (Fsp3) is 0.615. The molecule has 0 aliphatic heterocycles. The zero-order valence-corrected chi connectivity index (χ0v) is 11.1. The van der Waals surface area contributed by atoms with Gasteiger partial charge in [0.15, 0.2) is 0 Å². The summed E-state index contributed by atoms with van der Waals surface area (Å²) >= 11 is 1.70. The first-order valence-electron chi connectivity index (χ1n) is 6.31. The van der Waals surface area contributed by atoms with Gasteiger partial charge in [0.2, 0.25) is 5.91 Å². The van der Waals surface area contributed by atoms with Crippen LogP contribution in [0, 0.1) is 0 Å². The van der Waals surface area contributed by atoms with Gasteiger partial charge in [-0.25, -0.2) is 0 Å². The Kier molecular flexibility index (Phi) is 7.67. The van der Waals surface area contributed by atoms with Crippen LogP contribution in [0.25, 0.3) is 0 Å². The summed E-state index contributed by atoms with van der Waals surface area (Å²) in [7, 11) is 0. The van der Waals surface area contributed by atoms with Gasteiger partial charge in [-0.3, -0.25) is 4.79 Å². The smallest absolute Gasteiger partial charge is 0.220 e. The maximum atomic E-state index is 11.5. The quantitative estimate of drug-likeness (QED) is 0.664. The lowest BCUT2D eigenvalue weighted by atomic mass is 10.1. The van der Waals surface area contributed by atoms with E-state index in [1.165, 1.54) is 5.56 Å².